The summed E-state index contributed by atoms with van der Waals surface area (Å²) >= 11 is 0. The Hall–Kier alpha value is -1.92. The van der Waals surface area contributed by atoms with Gasteiger partial charge in [0.2, 0.25) is 11.8 Å². The minimum absolute atomic E-state index is 0.0374. The summed E-state index contributed by atoms with van der Waals surface area (Å²) in [5, 5.41) is 16.8. The van der Waals surface area contributed by atoms with E-state index in [1.165, 1.54) is 12.8 Å². The number of aromatic nitrogens is 2. The lowest BCUT2D eigenvalue weighted by Crippen LogP contribution is -2.11. The predicted molar refractivity (Wildman–Crippen MR) is 64.2 cm³/mol. The standard InChI is InChI=1S/C10H15N5O2/c1-6-8(15(16)17)9(12-5-7-3-4-7)14-10(11-2)13-6/h7H,3-5H2,1-2H3,(H2,11,12,13,14). The molecule has 0 aliphatic heterocycles. The number of nitrogens with zero attached hydrogens (tertiary/aromatic N) is 3. The summed E-state index contributed by atoms with van der Waals surface area (Å²) in [6, 6.07) is 0. The highest BCUT2D eigenvalue weighted by atomic mass is 16.6. The Balaban J connectivity index is 2.29. The van der Waals surface area contributed by atoms with Crippen LogP contribution in [0.15, 0.2) is 0 Å². The number of hydrogen-bond acceptors (Lipinski definition) is 6. The van der Waals surface area contributed by atoms with Crippen molar-refractivity contribution in [2.24, 2.45) is 5.92 Å². The van der Waals surface area contributed by atoms with Gasteiger partial charge < -0.3 is 10.6 Å². The number of aryl methyl sites for hydroxylation is 1. The van der Waals surface area contributed by atoms with E-state index in [1.807, 2.05) is 0 Å². The lowest BCUT2D eigenvalue weighted by atomic mass is 10.3. The maximum Gasteiger partial charge on any atom is 0.332 e. The van der Waals surface area contributed by atoms with Gasteiger partial charge in [-0.1, -0.05) is 0 Å². The second-order valence-electron chi connectivity index (χ2n) is 4.16. The Morgan fingerprint density at radius 2 is 2.18 bits per heavy atom. The summed E-state index contributed by atoms with van der Waals surface area (Å²) in [6.07, 6.45) is 2.37. The molecule has 1 aliphatic rings. The maximum absolute atomic E-state index is 11.0. The molecule has 0 saturated heterocycles. The van der Waals surface area contributed by atoms with Crippen molar-refractivity contribution in [3.63, 3.8) is 0 Å². The summed E-state index contributed by atoms with van der Waals surface area (Å²) in [7, 11) is 1.69. The van der Waals surface area contributed by atoms with Gasteiger partial charge in [0.15, 0.2) is 0 Å². The van der Waals surface area contributed by atoms with Crippen LogP contribution in [0.25, 0.3) is 0 Å². The first-order valence-electron chi connectivity index (χ1n) is 5.56. The van der Waals surface area contributed by atoms with E-state index < -0.39 is 4.92 Å². The van der Waals surface area contributed by atoms with Crippen LogP contribution in [0, 0.1) is 23.0 Å². The molecule has 7 heteroatoms. The van der Waals surface area contributed by atoms with E-state index in [0.717, 1.165) is 6.54 Å². The van der Waals surface area contributed by atoms with Crippen LogP contribution in [0.5, 0.6) is 0 Å². The van der Waals surface area contributed by atoms with Gasteiger partial charge in [0.1, 0.15) is 5.69 Å². The molecule has 7 nitrogen and oxygen atoms in total. The average Bonchev–Trinajstić information content (AvgIpc) is 3.08. The van der Waals surface area contributed by atoms with Crippen molar-refractivity contribution in [3.8, 4) is 0 Å². The second kappa shape index (κ2) is 4.52. The normalized spacial score (nSPS) is 14.5. The molecule has 1 fully saturated rings. The molecule has 0 bridgehead atoms. The largest absolute Gasteiger partial charge is 0.364 e. The van der Waals surface area contributed by atoms with Crippen LogP contribution in [-0.2, 0) is 0 Å². The molecular weight excluding hydrogens is 222 g/mol. The molecule has 0 amide bonds. The number of rotatable bonds is 5. The Kier molecular flexibility index (Phi) is 3.08. The van der Waals surface area contributed by atoms with E-state index in [9.17, 15) is 10.1 Å². The fraction of sp³-hybridized carbons (Fsp3) is 0.600. The van der Waals surface area contributed by atoms with Gasteiger partial charge in [-0.3, -0.25) is 10.1 Å². The highest BCUT2D eigenvalue weighted by molar-refractivity contribution is 5.60. The zero-order chi connectivity index (χ0) is 12.4. The summed E-state index contributed by atoms with van der Waals surface area (Å²) in [4.78, 5) is 18.6. The fourth-order valence-electron chi connectivity index (χ4n) is 1.58. The first kappa shape index (κ1) is 11.6. The zero-order valence-electron chi connectivity index (χ0n) is 9.86. The van der Waals surface area contributed by atoms with Crippen molar-refractivity contribution in [2.45, 2.75) is 19.8 Å². The molecule has 0 atom stereocenters. The third-order valence-corrected chi connectivity index (χ3v) is 2.72. The quantitative estimate of drug-likeness (QED) is 0.596. The Labute approximate surface area is 98.8 Å². The van der Waals surface area contributed by atoms with Gasteiger partial charge in [0.05, 0.1) is 4.92 Å². The molecule has 2 rings (SSSR count). The average molecular weight is 237 g/mol. The summed E-state index contributed by atoms with van der Waals surface area (Å²) < 4.78 is 0. The molecule has 92 valence electrons. The van der Waals surface area contributed by atoms with Crippen molar-refractivity contribution < 1.29 is 4.92 Å². The van der Waals surface area contributed by atoms with Crippen LogP contribution in [0.2, 0.25) is 0 Å². The smallest absolute Gasteiger partial charge is 0.332 e. The van der Waals surface area contributed by atoms with Crippen molar-refractivity contribution in [2.75, 3.05) is 24.2 Å². The van der Waals surface area contributed by atoms with Crippen molar-refractivity contribution >= 4 is 17.5 Å². The molecule has 1 heterocycles. The molecule has 1 aromatic rings. The first-order valence-corrected chi connectivity index (χ1v) is 5.56. The number of nitrogens with one attached hydrogen (secondary N) is 2. The van der Waals surface area contributed by atoms with E-state index in [0.29, 0.717) is 23.4 Å². The third kappa shape index (κ3) is 2.61. The van der Waals surface area contributed by atoms with Crippen LogP contribution in [0.1, 0.15) is 18.5 Å². The maximum atomic E-state index is 11.0. The molecule has 17 heavy (non-hydrogen) atoms. The first-order chi connectivity index (χ1) is 8.11. The van der Waals surface area contributed by atoms with E-state index in [4.69, 9.17) is 0 Å². The minimum Gasteiger partial charge on any atom is -0.364 e. The molecule has 2 N–H and O–H groups in total. The topological polar surface area (TPSA) is 93.0 Å². The molecule has 0 spiro atoms. The summed E-state index contributed by atoms with van der Waals surface area (Å²) in [5.74, 6) is 1.33. The van der Waals surface area contributed by atoms with E-state index >= 15 is 0 Å². The van der Waals surface area contributed by atoms with Crippen molar-refractivity contribution in [1.82, 2.24) is 9.97 Å². The number of hydrogen-bond donors (Lipinski definition) is 2. The van der Waals surface area contributed by atoms with Crippen LogP contribution < -0.4 is 10.6 Å². The molecule has 1 saturated carbocycles. The van der Waals surface area contributed by atoms with Crippen LogP contribution >= 0.6 is 0 Å². The monoisotopic (exact) mass is 237 g/mol. The molecule has 1 aliphatic carbocycles. The van der Waals surface area contributed by atoms with Gasteiger partial charge in [-0.05, 0) is 25.7 Å². The predicted octanol–water partition coefficient (Wildman–Crippen LogP) is 1.56. The van der Waals surface area contributed by atoms with Gasteiger partial charge in [-0.2, -0.15) is 4.98 Å². The fourth-order valence-corrected chi connectivity index (χ4v) is 1.58. The highest BCUT2D eigenvalue weighted by Crippen LogP contribution is 2.31. The molecule has 0 radical (unpaired) electrons. The van der Waals surface area contributed by atoms with E-state index in [2.05, 4.69) is 20.6 Å². The van der Waals surface area contributed by atoms with Gasteiger partial charge in [-0.25, -0.2) is 4.98 Å². The second-order valence-corrected chi connectivity index (χ2v) is 4.16. The van der Waals surface area contributed by atoms with Gasteiger partial charge >= 0.3 is 5.69 Å². The number of anilines is 2. The molecular formula is C10H15N5O2. The lowest BCUT2D eigenvalue weighted by molar-refractivity contribution is -0.385. The lowest BCUT2D eigenvalue weighted by Gasteiger charge is -2.08. The third-order valence-electron chi connectivity index (χ3n) is 2.72. The SMILES string of the molecule is CNc1nc(C)c([N+](=O)[O-])c(NCC2CC2)n1. The number of nitro groups is 1. The minimum atomic E-state index is -0.440. The highest BCUT2D eigenvalue weighted by Gasteiger charge is 2.25. The van der Waals surface area contributed by atoms with E-state index in [-0.39, 0.29) is 5.69 Å². The Morgan fingerprint density at radius 3 is 2.71 bits per heavy atom. The molecule has 1 aromatic heterocycles. The van der Waals surface area contributed by atoms with Crippen molar-refractivity contribution in [3.05, 3.63) is 15.8 Å². The zero-order valence-corrected chi connectivity index (χ0v) is 9.86. The van der Waals surface area contributed by atoms with Gasteiger partial charge in [-0.15, -0.1) is 0 Å². The molecule has 0 aromatic carbocycles. The van der Waals surface area contributed by atoms with Gasteiger partial charge in [0.25, 0.3) is 0 Å². The van der Waals surface area contributed by atoms with Crippen LogP contribution in [-0.4, -0.2) is 28.5 Å². The van der Waals surface area contributed by atoms with Crippen molar-refractivity contribution in [1.29, 1.82) is 0 Å². The summed E-state index contributed by atoms with van der Waals surface area (Å²) in [5.41, 5.74) is 0.331. The summed E-state index contributed by atoms with van der Waals surface area (Å²) in [6.45, 7) is 2.35. The van der Waals surface area contributed by atoms with E-state index in [1.54, 1.807) is 14.0 Å². The van der Waals surface area contributed by atoms with Crippen LogP contribution in [0.3, 0.4) is 0 Å². The molecule has 0 unspecified atom stereocenters. The Morgan fingerprint density at radius 1 is 1.47 bits per heavy atom. The van der Waals surface area contributed by atoms with Crippen LogP contribution in [0.4, 0.5) is 17.5 Å². The Bertz CT molecular complexity index is 445. The van der Waals surface area contributed by atoms with Gasteiger partial charge in [0, 0.05) is 13.6 Å².